The molecule has 0 aromatic carbocycles. The van der Waals surface area contributed by atoms with E-state index in [2.05, 4.69) is 11.9 Å². The number of aromatic nitrogens is 2. The Bertz CT molecular complexity index is 196. The molecule has 0 aliphatic heterocycles. The number of methoxy groups -OCH3 is 1. The van der Waals surface area contributed by atoms with Crippen LogP contribution < -0.4 is 9.30 Å². The van der Waals surface area contributed by atoms with Gasteiger partial charge in [-0.3, -0.25) is 0 Å². The van der Waals surface area contributed by atoms with Crippen LogP contribution in [0.25, 0.3) is 0 Å². The largest absolute Gasteiger partial charge is 0.463 e. The highest BCUT2D eigenvalue weighted by molar-refractivity contribution is 4.96. The molecule has 0 spiro atoms. The minimum absolute atomic E-state index is 0.872. The predicted molar refractivity (Wildman–Crippen MR) is 37.9 cm³/mol. The van der Waals surface area contributed by atoms with Crippen LogP contribution in [0.4, 0.5) is 0 Å². The van der Waals surface area contributed by atoms with Crippen molar-refractivity contribution in [1.82, 2.24) is 4.98 Å². The summed E-state index contributed by atoms with van der Waals surface area (Å²) in [4.78, 5) is 3.11. The van der Waals surface area contributed by atoms with Gasteiger partial charge in [-0.15, -0.1) is 0 Å². The summed E-state index contributed by atoms with van der Waals surface area (Å²) >= 11 is 0. The Morgan fingerprint density at radius 3 is 2.70 bits per heavy atom. The maximum atomic E-state index is 5.06. The summed E-state index contributed by atoms with van der Waals surface area (Å²) in [5.74, 6) is 2.05. The molecule has 1 aromatic heterocycles. The molecule has 0 aliphatic rings. The molecule has 3 nitrogen and oxygen atoms in total. The number of ether oxygens (including phenoxy) is 1. The van der Waals surface area contributed by atoms with Gasteiger partial charge in [0.05, 0.1) is 14.2 Å². The standard InChI is InChI=1S/C7H12N2O/c1-4-6-8-5-7(10-3)9(6)2/h5H,4H2,1-3H3/p+1. The molecule has 1 N–H and O–H groups in total. The number of hydrogen-bond acceptors (Lipinski definition) is 1. The van der Waals surface area contributed by atoms with E-state index in [-0.39, 0.29) is 0 Å². The first-order valence-corrected chi connectivity index (χ1v) is 3.39. The van der Waals surface area contributed by atoms with Crippen molar-refractivity contribution in [3.05, 3.63) is 12.0 Å². The summed E-state index contributed by atoms with van der Waals surface area (Å²) in [5.41, 5.74) is 0. The predicted octanol–water partition coefficient (Wildman–Crippen LogP) is 0.410. The lowest BCUT2D eigenvalue weighted by atomic mass is 10.5. The van der Waals surface area contributed by atoms with E-state index in [1.165, 1.54) is 5.82 Å². The van der Waals surface area contributed by atoms with Crippen LogP contribution in [0.3, 0.4) is 0 Å². The van der Waals surface area contributed by atoms with E-state index in [4.69, 9.17) is 4.74 Å². The summed E-state index contributed by atoms with van der Waals surface area (Å²) < 4.78 is 7.06. The van der Waals surface area contributed by atoms with Crippen molar-refractivity contribution in [2.45, 2.75) is 13.3 Å². The Hall–Kier alpha value is -0.990. The second kappa shape index (κ2) is 2.73. The highest BCUT2D eigenvalue weighted by Crippen LogP contribution is 2.00. The van der Waals surface area contributed by atoms with Crippen LogP contribution in [0.15, 0.2) is 6.20 Å². The summed E-state index contributed by atoms with van der Waals surface area (Å²) in [6.07, 6.45) is 2.86. The molecule has 0 bridgehead atoms. The van der Waals surface area contributed by atoms with E-state index in [0.717, 1.165) is 12.3 Å². The van der Waals surface area contributed by atoms with Gasteiger partial charge in [-0.25, -0.2) is 9.55 Å². The minimum Gasteiger partial charge on any atom is -0.463 e. The highest BCUT2D eigenvalue weighted by Gasteiger charge is 2.10. The highest BCUT2D eigenvalue weighted by atomic mass is 16.5. The van der Waals surface area contributed by atoms with Gasteiger partial charge < -0.3 is 4.74 Å². The van der Waals surface area contributed by atoms with Crippen molar-refractivity contribution in [2.75, 3.05) is 7.11 Å². The van der Waals surface area contributed by atoms with Gasteiger partial charge in [0.25, 0.3) is 5.82 Å². The molecular formula is C7H13N2O+. The number of hydrogen-bond donors (Lipinski definition) is 1. The van der Waals surface area contributed by atoms with Gasteiger partial charge in [0.15, 0.2) is 6.20 Å². The normalized spacial score (nSPS) is 9.90. The Morgan fingerprint density at radius 1 is 1.70 bits per heavy atom. The maximum absolute atomic E-state index is 5.06. The molecule has 1 aromatic rings. The molecule has 0 unspecified atom stereocenters. The lowest BCUT2D eigenvalue weighted by molar-refractivity contribution is -0.682. The van der Waals surface area contributed by atoms with E-state index < -0.39 is 0 Å². The van der Waals surface area contributed by atoms with Gasteiger partial charge in [0.2, 0.25) is 0 Å². The van der Waals surface area contributed by atoms with Crippen molar-refractivity contribution in [3.8, 4) is 5.88 Å². The third kappa shape index (κ3) is 0.988. The monoisotopic (exact) mass is 141 g/mol. The number of nitrogens with one attached hydrogen (secondary N) is 1. The molecule has 0 saturated carbocycles. The summed E-state index contributed by atoms with van der Waals surface area (Å²) in [7, 11) is 3.65. The van der Waals surface area contributed by atoms with Crippen LogP contribution in [-0.2, 0) is 13.5 Å². The molecule has 1 heterocycles. The first-order chi connectivity index (χ1) is 4.79. The fraction of sp³-hybridized carbons (Fsp3) is 0.571. The van der Waals surface area contributed by atoms with Gasteiger partial charge >= 0.3 is 5.88 Å². The van der Waals surface area contributed by atoms with E-state index >= 15 is 0 Å². The van der Waals surface area contributed by atoms with Gasteiger partial charge in [-0.05, 0) is 0 Å². The number of H-pyrrole nitrogens is 1. The Morgan fingerprint density at radius 2 is 2.40 bits per heavy atom. The third-order valence-electron chi connectivity index (χ3n) is 1.64. The smallest absolute Gasteiger partial charge is 0.324 e. The second-order valence-corrected chi connectivity index (χ2v) is 2.19. The number of aryl methyl sites for hydroxylation is 1. The van der Waals surface area contributed by atoms with Crippen LogP contribution in [0.5, 0.6) is 5.88 Å². The van der Waals surface area contributed by atoms with Crippen LogP contribution >= 0.6 is 0 Å². The summed E-state index contributed by atoms with van der Waals surface area (Å²) in [6.45, 7) is 2.10. The molecule has 1 rings (SSSR count). The average molecular weight is 141 g/mol. The molecule has 0 saturated heterocycles. The van der Waals surface area contributed by atoms with Gasteiger partial charge in [0, 0.05) is 6.42 Å². The van der Waals surface area contributed by atoms with Crippen molar-refractivity contribution in [1.29, 1.82) is 0 Å². The molecule has 0 radical (unpaired) electrons. The van der Waals surface area contributed by atoms with Crippen LogP contribution in [-0.4, -0.2) is 12.1 Å². The first kappa shape index (κ1) is 7.12. The summed E-state index contributed by atoms with van der Waals surface area (Å²) in [5, 5.41) is 0. The van der Waals surface area contributed by atoms with Crippen molar-refractivity contribution in [2.24, 2.45) is 7.05 Å². The second-order valence-electron chi connectivity index (χ2n) is 2.19. The van der Waals surface area contributed by atoms with Gasteiger partial charge in [-0.1, -0.05) is 6.92 Å². The number of rotatable bonds is 2. The fourth-order valence-electron chi connectivity index (χ4n) is 1.01. The molecule has 10 heavy (non-hydrogen) atoms. The SMILES string of the molecule is CCc1[nH]cc(OC)[n+]1C. The van der Waals surface area contributed by atoms with Gasteiger partial charge in [0.1, 0.15) is 0 Å². The van der Waals surface area contributed by atoms with E-state index in [1.807, 2.05) is 17.8 Å². The molecule has 0 aliphatic carbocycles. The topological polar surface area (TPSA) is 28.9 Å². The molecule has 3 heteroatoms. The Balaban J connectivity index is 2.97. The van der Waals surface area contributed by atoms with Crippen LogP contribution in [0.2, 0.25) is 0 Å². The van der Waals surface area contributed by atoms with Crippen molar-refractivity contribution >= 4 is 0 Å². The quantitative estimate of drug-likeness (QED) is 0.594. The Labute approximate surface area is 60.6 Å². The van der Waals surface area contributed by atoms with Gasteiger partial charge in [-0.2, -0.15) is 0 Å². The summed E-state index contributed by atoms with van der Waals surface area (Å²) in [6, 6.07) is 0. The van der Waals surface area contributed by atoms with E-state index in [1.54, 1.807) is 7.11 Å². The molecule has 0 fully saturated rings. The van der Waals surface area contributed by atoms with E-state index in [0.29, 0.717) is 0 Å². The molecular weight excluding hydrogens is 128 g/mol. The number of imidazole rings is 1. The molecule has 0 atom stereocenters. The lowest BCUT2D eigenvalue weighted by Crippen LogP contribution is -2.32. The van der Waals surface area contributed by atoms with Crippen molar-refractivity contribution < 1.29 is 9.30 Å². The van der Waals surface area contributed by atoms with Crippen LogP contribution in [0.1, 0.15) is 12.7 Å². The molecule has 0 amide bonds. The first-order valence-electron chi connectivity index (χ1n) is 3.39. The zero-order chi connectivity index (χ0) is 7.56. The zero-order valence-electron chi connectivity index (χ0n) is 6.64. The number of nitrogens with zero attached hydrogens (tertiary/aromatic N) is 1. The fourth-order valence-corrected chi connectivity index (χ4v) is 1.01. The third-order valence-corrected chi connectivity index (χ3v) is 1.64. The van der Waals surface area contributed by atoms with Crippen molar-refractivity contribution in [3.63, 3.8) is 0 Å². The lowest BCUT2D eigenvalue weighted by Gasteiger charge is -1.92. The average Bonchev–Trinajstić information content (AvgIpc) is 2.30. The molecule has 56 valence electrons. The van der Waals surface area contributed by atoms with Crippen LogP contribution in [0, 0.1) is 0 Å². The Kier molecular flexibility index (Phi) is 1.94. The maximum Gasteiger partial charge on any atom is 0.324 e. The van der Waals surface area contributed by atoms with E-state index in [9.17, 15) is 0 Å². The minimum atomic E-state index is 0.872. The zero-order valence-corrected chi connectivity index (χ0v) is 6.64. The number of aromatic amines is 1.